The molecule has 0 aromatic heterocycles. The highest BCUT2D eigenvalue weighted by Crippen LogP contribution is 2.27. The lowest BCUT2D eigenvalue weighted by Gasteiger charge is -2.30. The van der Waals surface area contributed by atoms with Gasteiger partial charge in [-0.25, -0.2) is 4.79 Å². The van der Waals surface area contributed by atoms with Gasteiger partial charge in [0.15, 0.2) is 0 Å². The van der Waals surface area contributed by atoms with Gasteiger partial charge in [0.05, 0.1) is 12.7 Å². The molecule has 0 spiro atoms. The summed E-state index contributed by atoms with van der Waals surface area (Å²) in [7, 11) is 1.31. The van der Waals surface area contributed by atoms with Gasteiger partial charge in [-0.15, -0.1) is 0 Å². The lowest BCUT2D eigenvalue weighted by molar-refractivity contribution is -0.118. The molecule has 3 rings (SSSR count). The van der Waals surface area contributed by atoms with Crippen LogP contribution in [0.2, 0.25) is 0 Å². The van der Waals surface area contributed by atoms with E-state index in [2.05, 4.69) is 6.07 Å². The average Bonchev–Trinajstić information content (AvgIpc) is 2.72. The summed E-state index contributed by atoms with van der Waals surface area (Å²) in [6, 6.07) is 14.6. The minimum Gasteiger partial charge on any atom is -0.465 e. The molecule has 6 heteroatoms. The maximum atomic E-state index is 12.9. The summed E-state index contributed by atoms with van der Waals surface area (Å²) < 4.78 is 4.74. The van der Waals surface area contributed by atoms with E-state index in [1.165, 1.54) is 24.5 Å². The first-order valence-electron chi connectivity index (χ1n) is 9.36. The fourth-order valence-electron chi connectivity index (χ4n) is 3.52. The van der Waals surface area contributed by atoms with Crippen LogP contribution < -0.4 is 9.80 Å². The number of nitrogens with zero attached hydrogens (tertiary/aromatic N) is 2. The van der Waals surface area contributed by atoms with Crippen molar-refractivity contribution in [1.82, 2.24) is 0 Å². The van der Waals surface area contributed by atoms with E-state index in [-0.39, 0.29) is 24.8 Å². The van der Waals surface area contributed by atoms with E-state index in [1.807, 2.05) is 23.1 Å². The lowest BCUT2D eigenvalue weighted by atomic mass is 10.0. The third-order valence-electron chi connectivity index (χ3n) is 4.92. The molecule has 0 saturated heterocycles. The van der Waals surface area contributed by atoms with Crippen LogP contribution in [0.3, 0.4) is 0 Å². The van der Waals surface area contributed by atoms with Gasteiger partial charge < -0.3 is 14.5 Å². The summed E-state index contributed by atoms with van der Waals surface area (Å²) in [5.74, 6) is -0.664. The number of esters is 1. The first kappa shape index (κ1) is 19.6. The molecule has 1 heterocycles. The Labute approximate surface area is 164 Å². The van der Waals surface area contributed by atoms with Crippen molar-refractivity contribution < 1.29 is 19.1 Å². The minimum absolute atomic E-state index is 0.0116. The third-order valence-corrected chi connectivity index (χ3v) is 4.92. The molecule has 0 atom stereocenters. The summed E-state index contributed by atoms with van der Waals surface area (Å²) in [5, 5.41) is 0. The number of aryl methyl sites for hydroxylation is 1. The van der Waals surface area contributed by atoms with Crippen LogP contribution >= 0.6 is 0 Å². The van der Waals surface area contributed by atoms with Crippen molar-refractivity contribution in [2.45, 2.75) is 26.2 Å². The van der Waals surface area contributed by atoms with Gasteiger partial charge in [-0.05, 0) is 42.7 Å². The summed E-state index contributed by atoms with van der Waals surface area (Å²) in [6.07, 6.45) is 2.11. The summed E-state index contributed by atoms with van der Waals surface area (Å²) in [5.41, 5.74) is 3.07. The van der Waals surface area contributed by atoms with Crippen LogP contribution in [0.25, 0.3) is 0 Å². The molecule has 0 bridgehead atoms. The number of rotatable bonds is 5. The zero-order chi connectivity index (χ0) is 20.1. The van der Waals surface area contributed by atoms with Crippen LogP contribution in [0.1, 0.15) is 35.7 Å². The van der Waals surface area contributed by atoms with Crippen LogP contribution in [0, 0.1) is 0 Å². The Morgan fingerprint density at radius 3 is 2.64 bits per heavy atom. The van der Waals surface area contributed by atoms with E-state index in [9.17, 15) is 14.4 Å². The Hall–Kier alpha value is -3.15. The van der Waals surface area contributed by atoms with Crippen molar-refractivity contribution in [3.05, 3.63) is 59.7 Å². The third kappa shape index (κ3) is 4.22. The van der Waals surface area contributed by atoms with Crippen LogP contribution in [-0.4, -0.2) is 38.0 Å². The lowest BCUT2D eigenvalue weighted by Crippen LogP contribution is -2.39. The number of fused-ring (bicyclic) bond motifs is 1. The van der Waals surface area contributed by atoms with Crippen LogP contribution in [0.4, 0.5) is 11.4 Å². The Balaban J connectivity index is 1.74. The van der Waals surface area contributed by atoms with Gasteiger partial charge in [-0.1, -0.05) is 24.3 Å². The van der Waals surface area contributed by atoms with Gasteiger partial charge in [0.2, 0.25) is 11.8 Å². The summed E-state index contributed by atoms with van der Waals surface area (Å²) >= 11 is 0. The highest BCUT2D eigenvalue weighted by atomic mass is 16.5. The SMILES string of the molecule is COC(=O)c1cccc(N(CCC(=O)N2CCCc3ccccc32)C(C)=O)c1. The second-order valence-corrected chi connectivity index (χ2v) is 6.74. The van der Waals surface area contributed by atoms with Crippen molar-refractivity contribution in [3.8, 4) is 0 Å². The molecule has 0 N–H and O–H groups in total. The molecule has 2 aromatic rings. The number of amides is 2. The maximum Gasteiger partial charge on any atom is 0.337 e. The number of ether oxygens (including phenoxy) is 1. The fraction of sp³-hybridized carbons (Fsp3) is 0.318. The predicted octanol–water partition coefficient (Wildman–Crippen LogP) is 3.20. The van der Waals surface area contributed by atoms with Gasteiger partial charge >= 0.3 is 5.97 Å². The number of anilines is 2. The molecule has 2 aromatic carbocycles. The number of methoxy groups -OCH3 is 1. The number of hydrogen-bond donors (Lipinski definition) is 0. The monoisotopic (exact) mass is 380 g/mol. The number of carbonyl (C=O) groups excluding carboxylic acids is 3. The van der Waals surface area contributed by atoms with Crippen LogP contribution in [0.5, 0.6) is 0 Å². The van der Waals surface area contributed by atoms with Gasteiger partial charge in [-0.3, -0.25) is 9.59 Å². The second-order valence-electron chi connectivity index (χ2n) is 6.74. The van der Waals surface area contributed by atoms with Crippen molar-refractivity contribution in [3.63, 3.8) is 0 Å². The molecule has 0 saturated carbocycles. The van der Waals surface area contributed by atoms with Crippen LogP contribution in [-0.2, 0) is 20.7 Å². The van der Waals surface area contributed by atoms with E-state index in [0.29, 0.717) is 17.8 Å². The molecule has 0 unspecified atom stereocenters. The molecule has 1 aliphatic heterocycles. The minimum atomic E-state index is -0.466. The number of para-hydroxylation sites is 1. The van der Waals surface area contributed by atoms with Crippen molar-refractivity contribution in [2.75, 3.05) is 30.0 Å². The van der Waals surface area contributed by atoms with Crippen molar-refractivity contribution in [1.29, 1.82) is 0 Å². The topological polar surface area (TPSA) is 66.9 Å². The Kier molecular flexibility index (Phi) is 6.09. The molecule has 2 amide bonds. The van der Waals surface area contributed by atoms with Gasteiger partial charge in [-0.2, -0.15) is 0 Å². The van der Waals surface area contributed by atoms with E-state index >= 15 is 0 Å². The number of benzene rings is 2. The van der Waals surface area contributed by atoms with Crippen molar-refractivity contribution in [2.24, 2.45) is 0 Å². The van der Waals surface area contributed by atoms with Gasteiger partial charge in [0.25, 0.3) is 0 Å². The second kappa shape index (κ2) is 8.69. The fourth-order valence-corrected chi connectivity index (χ4v) is 3.52. The highest BCUT2D eigenvalue weighted by Gasteiger charge is 2.23. The largest absolute Gasteiger partial charge is 0.465 e. The molecular weight excluding hydrogens is 356 g/mol. The Morgan fingerprint density at radius 2 is 1.89 bits per heavy atom. The van der Waals surface area contributed by atoms with E-state index in [1.54, 1.807) is 24.3 Å². The maximum absolute atomic E-state index is 12.9. The first-order chi connectivity index (χ1) is 13.5. The highest BCUT2D eigenvalue weighted by molar-refractivity contribution is 5.98. The first-order valence-corrected chi connectivity index (χ1v) is 9.36. The smallest absolute Gasteiger partial charge is 0.337 e. The molecule has 6 nitrogen and oxygen atoms in total. The summed E-state index contributed by atoms with van der Waals surface area (Å²) in [4.78, 5) is 40.1. The zero-order valence-corrected chi connectivity index (χ0v) is 16.2. The van der Waals surface area contributed by atoms with E-state index in [4.69, 9.17) is 4.74 Å². The molecule has 0 radical (unpaired) electrons. The standard InChI is InChI=1S/C22H24N2O4/c1-16(25)23(19-10-5-8-18(15-19)22(27)28-2)14-12-21(26)24-13-6-9-17-7-3-4-11-20(17)24/h3-5,7-8,10-11,15H,6,9,12-14H2,1-2H3. The van der Waals surface area contributed by atoms with E-state index < -0.39 is 5.97 Å². The van der Waals surface area contributed by atoms with Gasteiger partial charge in [0.1, 0.15) is 0 Å². The van der Waals surface area contributed by atoms with Crippen molar-refractivity contribution >= 4 is 29.2 Å². The van der Waals surface area contributed by atoms with E-state index in [0.717, 1.165) is 18.5 Å². The molecule has 146 valence electrons. The molecule has 28 heavy (non-hydrogen) atoms. The quantitative estimate of drug-likeness (QED) is 0.747. The van der Waals surface area contributed by atoms with Crippen LogP contribution in [0.15, 0.2) is 48.5 Å². The molecule has 0 aliphatic carbocycles. The number of carbonyl (C=O) groups is 3. The molecule has 0 fully saturated rings. The molecular formula is C22H24N2O4. The number of hydrogen-bond acceptors (Lipinski definition) is 4. The summed E-state index contributed by atoms with van der Waals surface area (Å²) in [6.45, 7) is 2.39. The van der Waals surface area contributed by atoms with Gasteiger partial charge in [0, 0.05) is 37.8 Å². The Morgan fingerprint density at radius 1 is 1.11 bits per heavy atom. The Bertz CT molecular complexity index is 894. The average molecular weight is 380 g/mol. The normalized spacial score (nSPS) is 12.9. The zero-order valence-electron chi connectivity index (χ0n) is 16.2. The predicted molar refractivity (Wildman–Crippen MR) is 108 cm³/mol. The molecule has 1 aliphatic rings.